The molecule has 0 aromatic heterocycles. The van der Waals surface area contributed by atoms with Gasteiger partial charge in [-0.15, -0.1) is 0 Å². The summed E-state index contributed by atoms with van der Waals surface area (Å²) in [4.78, 5) is 28.2. The zero-order valence-electron chi connectivity index (χ0n) is 12.4. The fraction of sp³-hybridized carbons (Fsp3) is 0.125. The second-order valence-corrected chi connectivity index (χ2v) is 4.51. The number of amides is 2. The highest BCUT2D eigenvalue weighted by Gasteiger charge is 2.12. The lowest BCUT2D eigenvalue weighted by molar-refractivity contribution is -0.122. The molecule has 0 aliphatic heterocycles. The minimum Gasteiger partial charge on any atom is -0.433 e. The number of benzene rings is 2. The van der Waals surface area contributed by atoms with Crippen molar-refractivity contribution >= 4 is 17.5 Å². The molecule has 0 aliphatic carbocycles. The Labute approximate surface area is 136 Å². The van der Waals surface area contributed by atoms with Crippen LogP contribution in [0, 0.1) is 0 Å². The van der Waals surface area contributed by atoms with E-state index in [1.807, 2.05) is 0 Å². The van der Waals surface area contributed by atoms with E-state index in [1.165, 1.54) is 18.2 Å². The summed E-state index contributed by atoms with van der Waals surface area (Å²) >= 11 is 0. The lowest BCUT2D eigenvalue weighted by Gasteiger charge is -2.11. The van der Waals surface area contributed by atoms with E-state index in [1.54, 1.807) is 36.4 Å². The fourth-order valence-corrected chi connectivity index (χ4v) is 1.77. The lowest BCUT2D eigenvalue weighted by atomic mass is 10.2. The summed E-state index contributed by atoms with van der Waals surface area (Å²) in [6, 6.07) is 14.0. The van der Waals surface area contributed by atoms with Gasteiger partial charge >= 0.3 is 6.61 Å². The topological polar surface area (TPSA) is 76.7 Å². The molecule has 0 fully saturated rings. The van der Waals surface area contributed by atoms with Gasteiger partial charge in [-0.3, -0.25) is 14.4 Å². The summed E-state index contributed by atoms with van der Waals surface area (Å²) in [5.41, 5.74) is 2.55. The summed E-state index contributed by atoms with van der Waals surface area (Å²) in [6.45, 7) is -3.51. The molecule has 126 valence electrons. The van der Waals surface area contributed by atoms with Gasteiger partial charge < -0.3 is 10.1 Å². The number of alkyl halides is 2. The van der Waals surface area contributed by atoms with Crippen LogP contribution in [-0.2, 0) is 9.63 Å². The number of hydroxylamine groups is 1. The third kappa shape index (κ3) is 5.33. The molecule has 2 aromatic rings. The van der Waals surface area contributed by atoms with Crippen molar-refractivity contribution in [2.24, 2.45) is 0 Å². The van der Waals surface area contributed by atoms with Gasteiger partial charge in [0.1, 0.15) is 5.75 Å². The monoisotopic (exact) mass is 336 g/mol. The van der Waals surface area contributed by atoms with Crippen LogP contribution in [0.25, 0.3) is 0 Å². The smallest absolute Gasteiger partial charge is 0.387 e. The average molecular weight is 336 g/mol. The molecular formula is C16H14F2N2O4. The van der Waals surface area contributed by atoms with Crippen LogP contribution in [0.2, 0.25) is 0 Å². The van der Waals surface area contributed by atoms with Crippen molar-refractivity contribution in [3.05, 3.63) is 60.2 Å². The predicted molar refractivity (Wildman–Crippen MR) is 81.6 cm³/mol. The molecule has 2 rings (SSSR count). The standard InChI is InChI=1S/C16H14F2N2O4/c17-16(18)24-13-9-5-4-8-12(13)19-14(21)10-23-20-15(22)11-6-2-1-3-7-11/h1-9,16H,10H2,(H,19,21)(H,20,22). The van der Waals surface area contributed by atoms with Crippen molar-refractivity contribution in [3.63, 3.8) is 0 Å². The molecule has 2 N–H and O–H groups in total. The van der Waals surface area contributed by atoms with Gasteiger partial charge in [-0.05, 0) is 24.3 Å². The minimum absolute atomic E-state index is 0.0702. The Bertz CT molecular complexity index is 695. The Morgan fingerprint density at radius 1 is 1.00 bits per heavy atom. The molecule has 6 nitrogen and oxygen atoms in total. The number of halogens is 2. The summed E-state index contributed by atoms with van der Waals surface area (Å²) < 4.78 is 28.9. The number of para-hydroxylation sites is 2. The first-order valence-electron chi connectivity index (χ1n) is 6.87. The van der Waals surface area contributed by atoms with E-state index in [0.717, 1.165) is 0 Å². The number of anilines is 1. The first kappa shape index (κ1) is 17.4. The van der Waals surface area contributed by atoms with Crippen molar-refractivity contribution in [1.82, 2.24) is 5.48 Å². The minimum atomic E-state index is -3.01. The first-order chi connectivity index (χ1) is 11.6. The van der Waals surface area contributed by atoms with Crippen LogP contribution in [-0.4, -0.2) is 25.0 Å². The number of nitrogens with one attached hydrogen (secondary N) is 2. The van der Waals surface area contributed by atoms with Gasteiger partial charge in [-0.1, -0.05) is 30.3 Å². The molecule has 0 aliphatic rings. The summed E-state index contributed by atoms with van der Waals surface area (Å²) in [5.74, 6) is -1.33. The zero-order chi connectivity index (χ0) is 17.4. The van der Waals surface area contributed by atoms with Crippen LogP contribution < -0.4 is 15.5 Å². The number of hydrogen-bond donors (Lipinski definition) is 2. The molecule has 2 aromatic carbocycles. The highest BCUT2D eigenvalue weighted by Crippen LogP contribution is 2.25. The van der Waals surface area contributed by atoms with E-state index >= 15 is 0 Å². The van der Waals surface area contributed by atoms with Crippen LogP contribution in [0.4, 0.5) is 14.5 Å². The Balaban J connectivity index is 1.83. The van der Waals surface area contributed by atoms with E-state index in [2.05, 4.69) is 15.5 Å². The second-order valence-electron chi connectivity index (χ2n) is 4.51. The third-order valence-corrected chi connectivity index (χ3v) is 2.78. The molecule has 0 saturated carbocycles. The van der Waals surface area contributed by atoms with E-state index in [0.29, 0.717) is 5.56 Å². The Morgan fingerprint density at radius 3 is 2.38 bits per heavy atom. The molecule has 0 unspecified atom stereocenters. The van der Waals surface area contributed by atoms with Crippen molar-refractivity contribution < 1.29 is 27.9 Å². The van der Waals surface area contributed by atoms with Gasteiger partial charge in [0.25, 0.3) is 11.8 Å². The summed E-state index contributed by atoms with van der Waals surface area (Å²) in [5, 5.41) is 2.36. The number of carbonyl (C=O) groups excluding carboxylic acids is 2. The highest BCUT2D eigenvalue weighted by molar-refractivity contribution is 5.94. The van der Waals surface area contributed by atoms with Gasteiger partial charge in [0.05, 0.1) is 5.69 Å². The Morgan fingerprint density at radius 2 is 1.67 bits per heavy atom. The van der Waals surface area contributed by atoms with Gasteiger partial charge in [-0.25, -0.2) is 5.48 Å². The molecule has 0 bridgehead atoms. The van der Waals surface area contributed by atoms with Crippen LogP contribution in [0.1, 0.15) is 10.4 Å². The lowest BCUT2D eigenvalue weighted by Crippen LogP contribution is -2.29. The van der Waals surface area contributed by atoms with Crippen LogP contribution in [0.5, 0.6) is 5.75 Å². The predicted octanol–water partition coefficient (Wildman–Crippen LogP) is 2.59. The van der Waals surface area contributed by atoms with Crippen LogP contribution in [0.3, 0.4) is 0 Å². The SMILES string of the molecule is O=C(CONC(=O)c1ccccc1)Nc1ccccc1OC(F)F. The maximum absolute atomic E-state index is 12.3. The molecule has 0 heterocycles. The van der Waals surface area contributed by atoms with Gasteiger partial charge in [-0.2, -0.15) is 8.78 Å². The van der Waals surface area contributed by atoms with E-state index in [9.17, 15) is 18.4 Å². The normalized spacial score (nSPS) is 10.3. The molecule has 0 radical (unpaired) electrons. The van der Waals surface area contributed by atoms with Crippen molar-refractivity contribution in [1.29, 1.82) is 0 Å². The number of rotatable bonds is 7. The van der Waals surface area contributed by atoms with Gasteiger partial charge in [0.2, 0.25) is 0 Å². The summed E-state index contributed by atoms with van der Waals surface area (Å²) in [7, 11) is 0. The second kappa shape index (κ2) is 8.59. The average Bonchev–Trinajstić information content (AvgIpc) is 2.57. The largest absolute Gasteiger partial charge is 0.433 e. The van der Waals surface area contributed by atoms with Crippen molar-refractivity contribution in [3.8, 4) is 5.75 Å². The molecule has 24 heavy (non-hydrogen) atoms. The molecule has 2 amide bonds. The molecule has 0 saturated heterocycles. The van der Waals surface area contributed by atoms with Crippen LogP contribution >= 0.6 is 0 Å². The number of ether oxygens (including phenoxy) is 1. The molecule has 8 heteroatoms. The third-order valence-electron chi connectivity index (χ3n) is 2.78. The van der Waals surface area contributed by atoms with Crippen molar-refractivity contribution in [2.75, 3.05) is 11.9 Å². The molecular weight excluding hydrogens is 322 g/mol. The highest BCUT2D eigenvalue weighted by atomic mass is 19.3. The Hall–Kier alpha value is -3.00. The number of hydrogen-bond acceptors (Lipinski definition) is 4. The number of carbonyl (C=O) groups is 2. The van der Waals surface area contributed by atoms with Crippen molar-refractivity contribution in [2.45, 2.75) is 6.61 Å². The molecule has 0 atom stereocenters. The quantitative estimate of drug-likeness (QED) is 0.762. The maximum Gasteiger partial charge on any atom is 0.387 e. The van der Waals surface area contributed by atoms with E-state index in [4.69, 9.17) is 4.84 Å². The molecule has 0 spiro atoms. The van der Waals surface area contributed by atoms with Crippen LogP contribution in [0.15, 0.2) is 54.6 Å². The maximum atomic E-state index is 12.3. The summed E-state index contributed by atoms with van der Waals surface area (Å²) in [6.07, 6.45) is 0. The van der Waals surface area contributed by atoms with E-state index < -0.39 is 25.0 Å². The van der Waals surface area contributed by atoms with E-state index in [-0.39, 0.29) is 11.4 Å². The van der Waals surface area contributed by atoms with Gasteiger partial charge in [0, 0.05) is 5.56 Å². The fourth-order valence-electron chi connectivity index (χ4n) is 1.77. The van der Waals surface area contributed by atoms with Gasteiger partial charge in [0.15, 0.2) is 6.61 Å². The zero-order valence-corrected chi connectivity index (χ0v) is 12.4. The Kier molecular flexibility index (Phi) is 6.21. The first-order valence-corrected chi connectivity index (χ1v) is 6.87.